The standard InChI is InChI=1S/C18H24N2O6S/c1-12-3-4-14(17(21)20(15-5-6-15)13(2)18(22)23)11-16(12)27(24,25)19-7-9-26-10-8-19/h3-4,11,13,15H,5-10H2,1-2H3,(H,22,23). The summed E-state index contributed by atoms with van der Waals surface area (Å²) in [6.45, 7) is 4.36. The average Bonchev–Trinajstić information content (AvgIpc) is 3.47. The molecule has 1 saturated heterocycles. The second-order valence-electron chi connectivity index (χ2n) is 6.95. The molecular formula is C18H24N2O6S. The fourth-order valence-electron chi connectivity index (χ4n) is 3.22. The molecule has 1 saturated carbocycles. The first-order chi connectivity index (χ1) is 12.7. The van der Waals surface area contributed by atoms with E-state index in [9.17, 15) is 23.1 Å². The van der Waals surface area contributed by atoms with Gasteiger partial charge in [0.2, 0.25) is 10.0 Å². The van der Waals surface area contributed by atoms with Gasteiger partial charge >= 0.3 is 5.97 Å². The van der Waals surface area contributed by atoms with Gasteiger partial charge in [0.05, 0.1) is 18.1 Å². The molecule has 1 heterocycles. The van der Waals surface area contributed by atoms with Crippen molar-refractivity contribution in [3.8, 4) is 0 Å². The molecule has 9 heteroatoms. The zero-order valence-electron chi connectivity index (χ0n) is 15.4. The Balaban J connectivity index is 1.94. The second-order valence-corrected chi connectivity index (χ2v) is 8.86. The maximum absolute atomic E-state index is 13.0. The molecule has 1 amide bonds. The summed E-state index contributed by atoms with van der Waals surface area (Å²) in [5.74, 6) is -1.53. The van der Waals surface area contributed by atoms with Crippen LogP contribution < -0.4 is 0 Å². The number of carboxylic acid groups (broad SMARTS) is 1. The van der Waals surface area contributed by atoms with E-state index in [1.807, 2.05) is 0 Å². The van der Waals surface area contributed by atoms with Gasteiger partial charge in [-0.2, -0.15) is 4.31 Å². The third kappa shape index (κ3) is 3.99. The van der Waals surface area contributed by atoms with Crippen molar-refractivity contribution < 1.29 is 27.9 Å². The smallest absolute Gasteiger partial charge is 0.326 e. The van der Waals surface area contributed by atoms with Gasteiger partial charge in [-0.3, -0.25) is 4.79 Å². The van der Waals surface area contributed by atoms with Crippen LogP contribution in [0.5, 0.6) is 0 Å². The Morgan fingerprint density at radius 1 is 1.26 bits per heavy atom. The first-order valence-electron chi connectivity index (χ1n) is 8.97. The van der Waals surface area contributed by atoms with E-state index < -0.39 is 27.9 Å². The normalized spacial score (nSPS) is 19.5. The topological polar surface area (TPSA) is 104 Å². The van der Waals surface area contributed by atoms with Gasteiger partial charge in [-0.15, -0.1) is 0 Å². The second kappa shape index (κ2) is 7.57. The molecule has 1 aliphatic carbocycles. The average molecular weight is 396 g/mol. The number of hydrogen-bond donors (Lipinski definition) is 1. The van der Waals surface area contributed by atoms with Crippen LogP contribution in [0.25, 0.3) is 0 Å². The Kier molecular flexibility index (Phi) is 5.55. The van der Waals surface area contributed by atoms with Crippen LogP contribution in [0.15, 0.2) is 23.1 Å². The van der Waals surface area contributed by atoms with Crippen molar-refractivity contribution in [3.63, 3.8) is 0 Å². The minimum absolute atomic E-state index is 0.0778. The summed E-state index contributed by atoms with van der Waals surface area (Å²) < 4.78 is 32.6. The van der Waals surface area contributed by atoms with Crippen LogP contribution in [0.2, 0.25) is 0 Å². The number of sulfonamides is 1. The maximum atomic E-state index is 13.0. The number of benzene rings is 1. The molecule has 148 valence electrons. The van der Waals surface area contributed by atoms with E-state index in [4.69, 9.17) is 4.74 Å². The van der Waals surface area contributed by atoms with E-state index in [0.29, 0.717) is 18.8 Å². The highest BCUT2D eigenvalue weighted by Gasteiger charge is 2.39. The molecule has 8 nitrogen and oxygen atoms in total. The number of morpholine rings is 1. The first kappa shape index (κ1) is 19.8. The predicted octanol–water partition coefficient (Wildman–Crippen LogP) is 1.09. The number of nitrogens with zero attached hydrogens (tertiary/aromatic N) is 2. The van der Waals surface area contributed by atoms with Crippen LogP contribution in [0, 0.1) is 6.92 Å². The lowest BCUT2D eigenvalue weighted by Crippen LogP contribution is -2.45. The minimum Gasteiger partial charge on any atom is -0.480 e. The highest BCUT2D eigenvalue weighted by molar-refractivity contribution is 7.89. The number of amides is 1. The van der Waals surface area contributed by atoms with Crippen LogP contribution in [0.4, 0.5) is 0 Å². The molecule has 1 atom stereocenters. The Bertz CT molecular complexity index is 843. The molecule has 2 fully saturated rings. The molecule has 1 unspecified atom stereocenters. The largest absolute Gasteiger partial charge is 0.480 e. The first-order valence-corrected chi connectivity index (χ1v) is 10.4. The number of hydrogen-bond acceptors (Lipinski definition) is 5. The summed E-state index contributed by atoms with van der Waals surface area (Å²) in [6.07, 6.45) is 1.52. The summed E-state index contributed by atoms with van der Waals surface area (Å²) in [4.78, 5) is 25.8. The molecule has 3 rings (SSSR count). The van der Waals surface area contributed by atoms with Crippen molar-refractivity contribution in [1.82, 2.24) is 9.21 Å². The van der Waals surface area contributed by atoms with E-state index in [0.717, 1.165) is 12.8 Å². The van der Waals surface area contributed by atoms with Crippen molar-refractivity contribution in [3.05, 3.63) is 29.3 Å². The number of ether oxygens (including phenoxy) is 1. The number of rotatable bonds is 6. The fraction of sp³-hybridized carbons (Fsp3) is 0.556. The van der Waals surface area contributed by atoms with Gasteiger partial charge in [0.15, 0.2) is 0 Å². The highest BCUT2D eigenvalue weighted by Crippen LogP contribution is 2.31. The van der Waals surface area contributed by atoms with Crippen LogP contribution in [0.1, 0.15) is 35.7 Å². The molecule has 0 aromatic heterocycles. The lowest BCUT2D eigenvalue weighted by Gasteiger charge is -2.28. The SMILES string of the molecule is Cc1ccc(C(=O)N(C2CC2)C(C)C(=O)O)cc1S(=O)(=O)N1CCOCC1. The Morgan fingerprint density at radius 2 is 1.89 bits per heavy atom. The van der Waals surface area contributed by atoms with Gasteiger partial charge in [0.25, 0.3) is 5.91 Å². The van der Waals surface area contributed by atoms with Gasteiger partial charge in [0, 0.05) is 24.7 Å². The maximum Gasteiger partial charge on any atom is 0.326 e. The molecule has 2 aliphatic rings. The molecule has 0 spiro atoms. The Morgan fingerprint density at radius 3 is 2.44 bits per heavy atom. The summed E-state index contributed by atoms with van der Waals surface area (Å²) in [5.41, 5.74) is 0.731. The van der Waals surface area contributed by atoms with Crippen LogP contribution >= 0.6 is 0 Å². The molecule has 1 aromatic rings. The van der Waals surface area contributed by atoms with Gasteiger partial charge in [-0.1, -0.05) is 6.07 Å². The van der Waals surface area contributed by atoms with Crippen molar-refractivity contribution in [2.24, 2.45) is 0 Å². The molecule has 1 aliphatic heterocycles. The van der Waals surface area contributed by atoms with Crippen LogP contribution in [0.3, 0.4) is 0 Å². The van der Waals surface area contributed by atoms with Crippen molar-refractivity contribution in [2.45, 2.75) is 43.7 Å². The van der Waals surface area contributed by atoms with Crippen molar-refractivity contribution in [1.29, 1.82) is 0 Å². The highest BCUT2D eigenvalue weighted by atomic mass is 32.2. The van der Waals surface area contributed by atoms with E-state index in [1.54, 1.807) is 19.1 Å². The van der Waals surface area contributed by atoms with E-state index in [-0.39, 0.29) is 29.6 Å². The number of carboxylic acids is 1. The quantitative estimate of drug-likeness (QED) is 0.772. The Hall–Kier alpha value is -1.97. The molecular weight excluding hydrogens is 372 g/mol. The summed E-state index contributed by atoms with van der Waals surface area (Å²) in [6, 6.07) is 3.44. The van der Waals surface area contributed by atoms with E-state index >= 15 is 0 Å². The number of aliphatic carboxylic acids is 1. The summed E-state index contributed by atoms with van der Waals surface area (Å²) in [7, 11) is -3.75. The van der Waals surface area contributed by atoms with Crippen LogP contribution in [-0.2, 0) is 19.6 Å². The number of carbonyl (C=O) groups is 2. The number of carbonyl (C=O) groups excluding carboxylic acids is 1. The summed E-state index contributed by atoms with van der Waals surface area (Å²) >= 11 is 0. The van der Waals surface area contributed by atoms with Gasteiger partial charge in [-0.25, -0.2) is 13.2 Å². The zero-order valence-corrected chi connectivity index (χ0v) is 16.2. The lowest BCUT2D eigenvalue weighted by molar-refractivity contribution is -0.141. The molecule has 1 N–H and O–H groups in total. The molecule has 0 radical (unpaired) electrons. The van der Waals surface area contributed by atoms with E-state index in [2.05, 4.69) is 0 Å². The van der Waals surface area contributed by atoms with Gasteiger partial charge in [0.1, 0.15) is 6.04 Å². The summed E-state index contributed by atoms with van der Waals surface area (Å²) in [5, 5.41) is 9.31. The molecule has 27 heavy (non-hydrogen) atoms. The van der Waals surface area contributed by atoms with Crippen molar-refractivity contribution in [2.75, 3.05) is 26.3 Å². The monoisotopic (exact) mass is 396 g/mol. The zero-order chi connectivity index (χ0) is 19.8. The third-order valence-corrected chi connectivity index (χ3v) is 7.01. The molecule has 0 bridgehead atoms. The molecule has 1 aromatic carbocycles. The van der Waals surface area contributed by atoms with Gasteiger partial charge in [-0.05, 0) is 44.4 Å². The van der Waals surface area contributed by atoms with E-state index in [1.165, 1.54) is 22.2 Å². The van der Waals surface area contributed by atoms with Gasteiger partial charge < -0.3 is 14.7 Å². The lowest BCUT2D eigenvalue weighted by atomic mass is 10.1. The minimum atomic E-state index is -3.75. The fourth-order valence-corrected chi connectivity index (χ4v) is 4.87. The van der Waals surface area contributed by atoms with Crippen molar-refractivity contribution >= 4 is 21.9 Å². The number of aryl methyl sites for hydroxylation is 1. The predicted molar refractivity (Wildman–Crippen MR) is 97.0 cm³/mol. The van der Waals surface area contributed by atoms with Crippen LogP contribution in [-0.4, -0.2) is 73.0 Å². The Labute approximate surface area is 158 Å². The third-order valence-electron chi connectivity index (χ3n) is 4.97.